The normalized spacial score (nSPS) is 12.2. The molecule has 0 aliphatic rings. The lowest BCUT2D eigenvalue weighted by atomic mass is 9.98. The molecule has 2 nitrogen and oxygen atoms in total. The van der Waals surface area contributed by atoms with Crippen LogP contribution in [0.5, 0.6) is 5.75 Å². The number of aryl methyl sites for hydroxylation is 1. The Hall–Kier alpha value is -1.39. The number of hydrogen-bond acceptors (Lipinski definition) is 2. The molecule has 4 heteroatoms. The number of nitrogens with two attached hydrogens (primary N) is 1. The molecule has 20 heavy (non-hydrogen) atoms. The van der Waals surface area contributed by atoms with Crippen LogP contribution in [0.1, 0.15) is 22.7 Å². The SMILES string of the molecule is COc1ccc(Br)c(CC(N)c2ccc(F)c(C)c2)c1. The molecule has 106 valence electrons. The predicted octanol–water partition coefficient (Wildman–Crippen LogP) is 4.15. The van der Waals surface area contributed by atoms with Crippen LogP contribution in [0, 0.1) is 12.7 Å². The average Bonchev–Trinajstić information content (AvgIpc) is 2.44. The molecule has 2 N–H and O–H groups in total. The van der Waals surface area contributed by atoms with E-state index >= 15 is 0 Å². The summed E-state index contributed by atoms with van der Waals surface area (Å²) in [6, 6.07) is 10.6. The van der Waals surface area contributed by atoms with Crippen LogP contribution in [0.4, 0.5) is 4.39 Å². The first-order valence-corrected chi connectivity index (χ1v) is 7.14. The van der Waals surface area contributed by atoms with Gasteiger partial charge < -0.3 is 10.5 Å². The molecule has 0 fully saturated rings. The van der Waals surface area contributed by atoms with Crippen LogP contribution in [0.2, 0.25) is 0 Å². The maximum absolute atomic E-state index is 13.3. The van der Waals surface area contributed by atoms with Crippen LogP contribution in [0.25, 0.3) is 0 Å². The van der Waals surface area contributed by atoms with Crippen molar-refractivity contribution in [2.45, 2.75) is 19.4 Å². The van der Waals surface area contributed by atoms with Gasteiger partial charge in [-0.3, -0.25) is 0 Å². The summed E-state index contributed by atoms with van der Waals surface area (Å²) < 4.78 is 19.5. The smallest absolute Gasteiger partial charge is 0.126 e. The molecule has 2 rings (SSSR count). The molecule has 1 atom stereocenters. The van der Waals surface area contributed by atoms with Gasteiger partial charge in [0.2, 0.25) is 0 Å². The number of benzene rings is 2. The number of methoxy groups -OCH3 is 1. The van der Waals surface area contributed by atoms with Crippen LogP contribution in [0.15, 0.2) is 40.9 Å². The molecule has 0 heterocycles. The Labute approximate surface area is 126 Å². The maximum Gasteiger partial charge on any atom is 0.126 e. The minimum absolute atomic E-state index is 0.183. The van der Waals surface area contributed by atoms with Crippen LogP contribution >= 0.6 is 15.9 Å². The Balaban J connectivity index is 2.22. The van der Waals surface area contributed by atoms with Gasteiger partial charge in [-0.05, 0) is 54.3 Å². The summed E-state index contributed by atoms with van der Waals surface area (Å²) in [6.07, 6.45) is 0.656. The van der Waals surface area contributed by atoms with Gasteiger partial charge in [-0.25, -0.2) is 4.39 Å². The molecule has 0 saturated heterocycles. The zero-order chi connectivity index (χ0) is 14.7. The summed E-state index contributed by atoms with van der Waals surface area (Å²) in [7, 11) is 1.64. The second kappa shape index (κ2) is 6.37. The Morgan fingerprint density at radius 1 is 1.25 bits per heavy atom. The highest BCUT2D eigenvalue weighted by atomic mass is 79.9. The first-order valence-electron chi connectivity index (χ1n) is 6.35. The maximum atomic E-state index is 13.3. The summed E-state index contributed by atoms with van der Waals surface area (Å²) in [5, 5.41) is 0. The van der Waals surface area contributed by atoms with E-state index < -0.39 is 0 Å². The minimum atomic E-state index is -0.205. The van der Waals surface area contributed by atoms with Gasteiger partial charge in [-0.15, -0.1) is 0 Å². The largest absolute Gasteiger partial charge is 0.497 e. The van der Waals surface area contributed by atoms with Gasteiger partial charge in [0.1, 0.15) is 11.6 Å². The van der Waals surface area contributed by atoms with E-state index in [1.54, 1.807) is 26.2 Å². The molecule has 0 amide bonds. The van der Waals surface area contributed by atoms with Gasteiger partial charge in [0.05, 0.1) is 7.11 Å². The minimum Gasteiger partial charge on any atom is -0.497 e. The number of ether oxygens (including phenoxy) is 1. The first kappa shape index (κ1) is 15.0. The molecule has 0 saturated carbocycles. The van der Waals surface area contributed by atoms with Crippen LogP contribution in [-0.2, 0) is 6.42 Å². The van der Waals surface area contributed by atoms with E-state index in [0.29, 0.717) is 12.0 Å². The number of halogens is 2. The zero-order valence-electron chi connectivity index (χ0n) is 11.5. The topological polar surface area (TPSA) is 35.2 Å². The van der Waals surface area contributed by atoms with Crippen molar-refractivity contribution < 1.29 is 9.13 Å². The Kier molecular flexibility index (Phi) is 4.78. The van der Waals surface area contributed by atoms with Crippen molar-refractivity contribution in [1.29, 1.82) is 0 Å². The van der Waals surface area contributed by atoms with E-state index in [4.69, 9.17) is 10.5 Å². The van der Waals surface area contributed by atoms with Crippen molar-refractivity contribution in [3.63, 3.8) is 0 Å². The van der Waals surface area contributed by atoms with Crippen molar-refractivity contribution in [2.24, 2.45) is 5.73 Å². The second-order valence-electron chi connectivity index (χ2n) is 4.78. The van der Waals surface area contributed by atoms with E-state index in [9.17, 15) is 4.39 Å². The first-order chi connectivity index (χ1) is 9.51. The van der Waals surface area contributed by atoms with Gasteiger partial charge in [0.15, 0.2) is 0 Å². The highest BCUT2D eigenvalue weighted by molar-refractivity contribution is 9.10. The van der Waals surface area contributed by atoms with E-state index in [1.165, 1.54) is 6.07 Å². The van der Waals surface area contributed by atoms with Gasteiger partial charge in [0, 0.05) is 10.5 Å². The van der Waals surface area contributed by atoms with Gasteiger partial charge in [0.25, 0.3) is 0 Å². The van der Waals surface area contributed by atoms with Gasteiger partial charge in [-0.1, -0.05) is 28.1 Å². The zero-order valence-corrected chi connectivity index (χ0v) is 13.1. The standard InChI is InChI=1S/C16H17BrFNO/c1-10-7-11(3-6-15(10)18)16(19)9-12-8-13(20-2)4-5-14(12)17/h3-8,16H,9,19H2,1-2H3. The third-order valence-electron chi connectivity index (χ3n) is 3.30. The quantitative estimate of drug-likeness (QED) is 0.909. The third kappa shape index (κ3) is 3.38. The third-order valence-corrected chi connectivity index (χ3v) is 4.08. The van der Waals surface area contributed by atoms with Crippen LogP contribution in [-0.4, -0.2) is 7.11 Å². The molecule has 0 radical (unpaired) electrons. The Morgan fingerprint density at radius 2 is 2.00 bits per heavy atom. The van der Waals surface area contributed by atoms with E-state index in [0.717, 1.165) is 21.3 Å². The van der Waals surface area contributed by atoms with Crippen molar-refractivity contribution in [3.8, 4) is 5.75 Å². The fourth-order valence-electron chi connectivity index (χ4n) is 2.09. The lowest BCUT2D eigenvalue weighted by molar-refractivity contribution is 0.414. The van der Waals surface area contributed by atoms with Gasteiger partial charge >= 0.3 is 0 Å². The fraction of sp³-hybridized carbons (Fsp3) is 0.250. The molecule has 1 unspecified atom stereocenters. The summed E-state index contributed by atoms with van der Waals surface area (Å²) in [4.78, 5) is 0. The van der Waals surface area contributed by atoms with Crippen molar-refractivity contribution in [1.82, 2.24) is 0 Å². The van der Waals surface area contributed by atoms with Crippen LogP contribution < -0.4 is 10.5 Å². The molecular weight excluding hydrogens is 321 g/mol. The number of hydrogen-bond donors (Lipinski definition) is 1. The van der Waals surface area contributed by atoms with E-state index in [-0.39, 0.29) is 11.9 Å². The predicted molar refractivity (Wildman–Crippen MR) is 82.5 cm³/mol. The lowest BCUT2D eigenvalue weighted by Crippen LogP contribution is -2.14. The summed E-state index contributed by atoms with van der Waals surface area (Å²) in [5.41, 5.74) is 8.83. The molecule has 0 aliphatic carbocycles. The number of rotatable bonds is 4. The highest BCUT2D eigenvalue weighted by Crippen LogP contribution is 2.27. The average molecular weight is 338 g/mol. The second-order valence-corrected chi connectivity index (χ2v) is 5.63. The van der Waals surface area contributed by atoms with Crippen molar-refractivity contribution in [3.05, 3.63) is 63.4 Å². The molecule has 2 aromatic rings. The monoisotopic (exact) mass is 337 g/mol. The summed E-state index contributed by atoms with van der Waals surface area (Å²) in [6.45, 7) is 1.74. The van der Waals surface area contributed by atoms with E-state index in [2.05, 4.69) is 15.9 Å². The molecule has 2 aromatic carbocycles. The van der Waals surface area contributed by atoms with Gasteiger partial charge in [-0.2, -0.15) is 0 Å². The Bertz CT molecular complexity index is 615. The van der Waals surface area contributed by atoms with Crippen LogP contribution in [0.3, 0.4) is 0 Å². The van der Waals surface area contributed by atoms with Crippen molar-refractivity contribution in [2.75, 3.05) is 7.11 Å². The van der Waals surface area contributed by atoms with Crippen molar-refractivity contribution >= 4 is 15.9 Å². The lowest BCUT2D eigenvalue weighted by Gasteiger charge is -2.15. The highest BCUT2D eigenvalue weighted by Gasteiger charge is 2.11. The summed E-state index contributed by atoms with van der Waals surface area (Å²) in [5.74, 6) is 0.592. The Morgan fingerprint density at radius 3 is 2.65 bits per heavy atom. The molecule has 0 spiro atoms. The molecular formula is C16H17BrFNO. The molecule has 0 aliphatic heterocycles. The van der Waals surface area contributed by atoms with E-state index in [1.807, 2.05) is 18.2 Å². The summed E-state index contributed by atoms with van der Waals surface area (Å²) >= 11 is 3.52. The fourth-order valence-corrected chi connectivity index (χ4v) is 2.50. The molecule has 0 bridgehead atoms. The molecule has 0 aromatic heterocycles.